The Balaban J connectivity index is 1.73. The van der Waals surface area contributed by atoms with Gasteiger partial charge >= 0.3 is 6.03 Å². The predicted molar refractivity (Wildman–Crippen MR) is 106 cm³/mol. The molecule has 0 saturated heterocycles. The molecule has 2 amide bonds. The minimum Gasteiger partial charge on any atom is -0.491 e. The zero-order chi connectivity index (χ0) is 19.9. The summed E-state index contributed by atoms with van der Waals surface area (Å²) >= 11 is 0. The molecule has 0 aliphatic carbocycles. The molecule has 6 nitrogen and oxygen atoms in total. The van der Waals surface area contributed by atoms with Gasteiger partial charge in [0.1, 0.15) is 12.4 Å². The molecule has 0 saturated carbocycles. The Morgan fingerprint density at radius 1 is 1.11 bits per heavy atom. The lowest BCUT2D eigenvalue weighted by atomic mass is 10.1. The van der Waals surface area contributed by atoms with Gasteiger partial charge in [-0.3, -0.25) is 0 Å². The molecule has 0 spiro atoms. The average molecular weight is 391 g/mol. The van der Waals surface area contributed by atoms with Crippen molar-refractivity contribution >= 4 is 15.9 Å². The van der Waals surface area contributed by atoms with E-state index in [1.54, 1.807) is 12.1 Å². The smallest absolute Gasteiger partial charge is 0.315 e. The van der Waals surface area contributed by atoms with E-state index in [9.17, 15) is 13.2 Å². The Hall–Kier alpha value is -2.54. The summed E-state index contributed by atoms with van der Waals surface area (Å²) in [5.74, 6) is 0.790. The average Bonchev–Trinajstić information content (AvgIpc) is 2.58. The maximum Gasteiger partial charge on any atom is 0.315 e. The number of amides is 2. The molecular formula is C20H26N2O4S. The zero-order valence-electron chi connectivity index (χ0n) is 15.9. The van der Waals surface area contributed by atoms with Crippen molar-refractivity contribution in [1.82, 2.24) is 10.6 Å². The third-order valence-electron chi connectivity index (χ3n) is 3.77. The van der Waals surface area contributed by atoms with E-state index in [1.165, 1.54) is 6.26 Å². The van der Waals surface area contributed by atoms with Crippen LogP contribution in [0.1, 0.15) is 23.6 Å². The lowest BCUT2D eigenvalue weighted by Crippen LogP contribution is -2.43. The highest BCUT2D eigenvalue weighted by Gasteiger charge is 2.08. The first kappa shape index (κ1) is 20.8. The fourth-order valence-electron chi connectivity index (χ4n) is 2.48. The summed E-state index contributed by atoms with van der Waals surface area (Å²) in [6.07, 6.45) is 1.21. The maximum absolute atomic E-state index is 12.0. The number of urea groups is 1. The van der Waals surface area contributed by atoms with E-state index in [0.717, 1.165) is 22.4 Å². The number of benzene rings is 2. The van der Waals surface area contributed by atoms with E-state index < -0.39 is 9.84 Å². The van der Waals surface area contributed by atoms with Crippen molar-refractivity contribution in [2.45, 2.75) is 32.2 Å². The van der Waals surface area contributed by atoms with Gasteiger partial charge < -0.3 is 15.4 Å². The third kappa shape index (κ3) is 8.13. The Labute approximate surface area is 160 Å². The third-order valence-corrected chi connectivity index (χ3v) is 4.63. The topological polar surface area (TPSA) is 84.5 Å². The van der Waals surface area contributed by atoms with E-state index in [2.05, 4.69) is 10.6 Å². The van der Waals surface area contributed by atoms with E-state index in [0.29, 0.717) is 13.2 Å². The molecule has 146 valence electrons. The molecule has 1 unspecified atom stereocenters. The van der Waals surface area contributed by atoms with Crippen LogP contribution < -0.4 is 15.4 Å². The van der Waals surface area contributed by atoms with E-state index in [-0.39, 0.29) is 17.8 Å². The number of aryl methyl sites for hydroxylation is 1. The normalized spacial score (nSPS) is 12.3. The van der Waals surface area contributed by atoms with E-state index in [1.807, 2.05) is 50.2 Å². The number of nitrogens with one attached hydrogen (secondary N) is 2. The van der Waals surface area contributed by atoms with Gasteiger partial charge in [-0.15, -0.1) is 0 Å². The summed E-state index contributed by atoms with van der Waals surface area (Å²) in [6, 6.07) is 14.5. The van der Waals surface area contributed by atoms with Crippen LogP contribution in [0.4, 0.5) is 4.79 Å². The predicted octanol–water partition coefficient (Wildman–Crippen LogP) is 2.81. The molecule has 0 aliphatic rings. The van der Waals surface area contributed by atoms with Gasteiger partial charge in [-0.1, -0.05) is 36.4 Å². The first-order valence-electron chi connectivity index (χ1n) is 8.70. The van der Waals surface area contributed by atoms with Crippen LogP contribution in [0.3, 0.4) is 0 Å². The summed E-state index contributed by atoms with van der Waals surface area (Å²) in [6.45, 7) is 4.60. The van der Waals surface area contributed by atoms with Gasteiger partial charge in [-0.2, -0.15) is 0 Å². The van der Waals surface area contributed by atoms with Gasteiger partial charge in [0.05, 0.1) is 11.8 Å². The van der Waals surface area contributed by atoms with Crippen molar-refractivity contribution in [1.29, 1.82) is 0 Å². The van der Waals surface area contributed by atoms with Gasteiger partial charge in [-0.25, -0.2) is 13.2 Å². The second-order valence-corrected chi connectivity index (χ2v) is 8.88. The van der Waals surface area contributed by atoms with Gasteiger partial charge in [-0.05, 0) is 42.7 Å². The van der Waals surface area contributed by atoms with Gasteiger partial charge in [0.15, 0.2) is 9.84 Å². The van der Waals surface area contributed by atoms with Crippen LogP contribution >= 0.6 is 0 Å². The van der Waals surface area contributed by atoms with Crippen LogP contribution in [0, 0.1) is 6.92 Å². The van der Waals surface area contributed by atoms with Crippen LogP contribution in [-0.2, 0) is 22.1 Å². The van der Waals surface area contributed by atoms with Crippen molar-refractivity contribution in [3.05, 3.63) is 65.2 Å². The molecule has 0 fully saturated rings. The zero-order valence-corrected chi connectivity index (χ0v) is 16.7. The lowest BCUT2D eigenvalue weighted by Gasteiger charge is -2.16. The van der Waals surface area contributed by atoms with Crippen molar-refractivity contribution in [2.24, 2.45) is 0 Å². The molecule has 2 aromatic carbocycles. The van der Waals surface area contributed by atoms with Crippen LogP contribution in [0.25, 0.3) is 0 Å². The fraction of sp³-hybridized carbons (Fsp3) is 0.350. The number of ether oxygens (including phenoxy) is 1. The minimum absolute atomic E-state index is 0.0135. The molecule has 2 rings (SSSR count). The monoisotopic (exact) mass is 390 g/mol. The standard InChI is InChI=1S/C20H26N2O4S/c1-15-5-4-6-19(11-15)26-13-16(2)22-20(23)21-12-17-7-9-18(10-8-17)14-27(3,24)25/h4-11,16H,12-14H2,1-3H3,(H2,21,22,23). The van der Waals surface area contributed by atoms with Gasteiger partial charge in [0.25, 0.3) is 0 Å². The fourth-order valence-corrected chi connectivity index (χ4v) is 3.28. The molecule has 0 radical (unpaired) electrons. The minimum atomic E-state index is -3.05. The Bertz CT molecular complexity index is 864. The summed E-state index contributed by atoms with van der Waals surface area (Å²) in [5.41, 5.74) is 2.74. The maximum atomic E-state index is 12.0. The number of hydrogen-bond acceptors (Lipinski definition) is 4. The summed E-state index contributed by atoms with van der Waals surface area (Å²) in [7, 11) is -3.05. The van der Waals surface area contributed by atoms with E-state index in [4.69, 9.17) is 4.74 Å². The molecule has 2 aromatic rings. The summed E-state index contributed by atoms with van der Waals surface area (Å²) < 4.78 is 28.3. The molecule has 7 heteroatoms. The van der Waals surface area contributed by atoms with Crippen LogP contribution in [0.2, 0.25) is 0 Å². The number of carbonyl (C=O) groups excluding carboxylic acids is 1. The number of sulfone groups is 1. The van der Waals surface area contributed by atoms with Gasteiger partial charge in [0.2, 0.25) is 0 Å². The van der Waals surface area contributed by atoms with Crippen LogP contribution in [0.5, 0.6) is 5.75 Å². The summed E-state index contributed by atoms with van der Waals surface area (Å²) in [5, 5.41) is 5.60. The Morgan fingerprint density at radius 3 is 2.41 bits per heavy atom. The highest BCUT2D eigenvalue weighted by molar-refractivity contribution is 7.89. The molecule has 1 atom stereocenters. The Kier molecular flexibility index (Phi) is 7.24. The molecule has 0 bridgehead atoms. The largest absolute Gasteiger partial charge is 0.491 e. The quantitative estimate of drug-likeness (QED) is 0.726. The first-order valence-corrected chi connectivity index (χ1v) is 10.8. The second kappa shape index (κ2) is 9.41. The summed E-state index contributed by atoms with van der Waals surface area (Å²) in [4.78, 5) is 12.0. The Morgan fingerprint density at radius 2 is 1.78 bits per heavy atom. The number of hydrogen-bond donors (Lipinski definition) is 2. The van der Waals surface area contributed by atoms with E-state index >= 15 is 0 Å². The highest BCUT2D eigenvalue weighted by Crippen LogP contribution is 2.12. The molecular weight excluding hydrogens is 364 g/mol. The number of rotatable bonds is 8. The highest BCUT2D eigenvalue weighted by atomic mass is 32.2. The van der Waals surface area contributed by atoms with Crippen molar-refractivity contribution in [2.75, 3.05) is 12.9 Å². The SMILES string of the molecule is Cc1cccc(OCC(C)NC(=O)NCc2ccc(CS(C)(=O)=O)cc2)c1. The van der Waals surface area contributed by atoms with Crippen molar-refractivity contribution in [3.8, 4) is 5.75 Å². The van der Waals surface area contributed by atoms with Crippen molar-refractivity contribution < 1.29 is 17.9 Å². The lowest BCUT2D eigenvalue weighted by molar-refractivity contribution is 0.226. The molecule has 27 heavy (non-hydrogen) atoms. The first-order chi connectivity index (χ1) is 12.7. The van der Waals surface area contributed by atoms with Crippen molar-refractivity contribution in [3.63, 3.8) is 0 Å². The molecule has 0 aliphatic heterocycles. The molecule has 0 heterocycles. The number of carbonyl (C=O) groups is 1. The molecule has 2 N–H and O–H groups in total. The van der Waals surface area contributed by atoms with Gasteiger partial charge in [0, 0.05) is 12.8 Å². The second-order valence-electron chi connectivity index (χ2n) is 6.74. The van der Waals surface area contributed by atoms with Crippen LogP contribution in [-0.4, -0.2) is 33.4 Å². The van der Waals surface area contributed by atoms with Crippen LogP contribution in [0.15, 0.2) is 48.5 Å². The molecule has 0 aromatic heterocycles.